The standard InChI is InChI=1S/C22H23N3O5S/c1-25(18-8-10-19(29-2)11-9-18)31(27,28)20-6-4-5-17(13-20)22(26)24-15-16-7-12-21(30-3)23-14-16/h4-14H,15H2,1-3H3,(H,24,26). The normalized spacial score (nSPS) is 10.9. The molecule has 0 radical (unpaired) electrons. The van der Waals surface area contributed by atoms with Gasteiger partial charge in [-0.1, -0.05) is 12.1 Å². The molecule has 1 N–H and O–H groups in total. The summed E-state index contributed by atoms with van der Waals surface area (Å²) in [6.07, 6.45) is 1.60. The van der Waals surface area contributed by atoms with Crippen LogP contribution in [0.2, 0.25) is 0 Å². The number of nitrogens with zero attached hydrogens (tertiary/aromatic N) is 2. The quantitative estimate of drug-likeness (QED) is 0.577. The molecule has 2 aromatic carbocycles. The minimum Gasteiger partial charge on any atom is -0.497 e. The van der Waals surface area contributed by atoms with Crippen LogP contribution in [0.5, 0.6) is 11.6 Å². The van der Waals surface area contributed by atoms with Gasteiger partial charge in [-0.3, -0.25) is 9.10 Å². The first-order valence-electron chi connectivity index (χ1n) is 9.35. The average molecular weight is 442 g/mol. The molecule has 0 spiro atoms. The van der Waals surface area contributed by atoms with E-state index in [1.54, 1.807) is 54.7 Å². The number of benzene rings is 2. The number of methoxy groups -OCH3 is 2. The van der Waals surface area contributed by atoms with E-state index < -0.39 is 10.0 Å². The van der Waals surface area contributed by atoms with Crippen LogP contribution in [-0.2, 0) is 16.6 Å². The van der Waals surface area contributed by atoms with E-state index in [0.717, 1.165) is 9.87 Å². The van der Waals surface area contributed by atoms with Gasteiger partial charge in [0.1, 0.15) is 5.75 Å². The fourth-order valence-corrected chi connectivity index (χ4v) is 4.05. The van der Waals surface area contributed by atoms with Crippen LogP contribution in [0.4, 0.5) is 5.69 Å². The highest BCUT2D eigenvalue weighted by Crippen LogP contribution is 2.24. The van der Waals surface area contributed by atoms with E-state index in [2.05, 4.69) is 10.3 Å². The lowest BCUT2D eigenvalue weighted by molar-refractivity contribution is 0.0950. The number of nitrogens with one attached hydrogen (secondary N) is 1. The Morgan fingerprint density at radius 3 is 2.39 bits per heavy atom. The summed E-state index contributed by atoms with van der Waals surface area (Å²) in [7, 11) is 0.669. The Hall–Kier alpha value is -3.59. The third-order valence-corrected chi connectivity index (χ3v) is 6.43. The summed E-state index contributed by atoms with van der Waals surface area (Å²) in [4.78, 5) is 16.7. The van der Waals surface area contributed by atoms with E-state index in [9.17, 15) is 13.2 Å². The van der Waals surface area contributed by atoms with Crippen LogP contribution < -0.4 is 19.1 Å². The molecule has 0 saturated heterocycles. The van der Waals surface area contributed by atoms with Crippen molar-refractivity contribution in [3.63, 3.8) is 0 Å². The molecule has 0 aliphatic rings. The Morgan fingerprint density at radius 2 is 1.77 bits per heavy atom. The third kappa shape index (κ3) is 5.13. The second-order valence-corrected chi connectivity index (χ2v) is 8.56. The number of pyridine rings is 1. The SMILES string of the molecule is COc1ccc(N(C)S(=O)(=O)c2cccc(C(=O)NCc3ccc(OC)nc3)c2)cc1. The summed E-state index contributed by atoms with van der Waals surface area (Å²) in [6.45, 7) is 0.249. The molecule has 31 heavy (non-hydrogen) atoms. The van der Waals surface area contributed by atoms with Crippen molar-refractivity contribution in [3.05, 3.63) is 78.0 Å². The highest BCUT2D eigenvalue weighted by Gasteiger charge is 2.22. The molecular weight excluding hydrogens is 418 g/mol. The van der Waals surface area contributed by atoms with Crippen LogP contribution in [0.15, 0.2) is 71.8 Å². The molecule has 162 valence electrons. The van der Waals surface area contributed by atoms with Gasteiger partial charge in [-0.2, -0.15) is 0 Å². The lowest BCUT2D eigenvalue weighted by Gasteiger charge is -2.20. The van der Waals surface area contributed by atoms with Gasteiger partial charge in [0.15, 0.2) is 0 Å². The minimum atomic E-state index is -3.85. The predicted octanol–water partition coefficient (Wildman–Crippen LogP) is 2.85. The number of anilines is 1. The van der Waals surface area contributed by atoms with Crippen molar-refractivity contribution < 1.29 is 22.7 Å². The van der Waals surface area contributed by atoms with Gasteiger partial charge in [-0.25, -0.2) is 13.4 Å². The molecule has 9 heteroatoms. The molecule has 3 aromatic rings. The van der Waals surface area contributed by atoms with Crippen LogP contribution in [0, 0.1) is 0 Å². The Bertz CT molecular complexity index is 1150. The maximum absolute atomic E-state index is 13.0. The zero-order valence-electron chi connectivity index (χ0n) is 17.4. The summed E-state index contributed by atoms with van der Waals surface area (Å²) < 4.78 is 37.4. The van der Waals surface area contributed by atoms with Crippen LogP contribution in [0.3, 0.4) is 0 Å². The second kappa shape index (κ2) is 9.48. The minimum absolute atomic E-state index is 0.0181. The highest BCUT2D eigenvalue weighted by molar-refractivity contribution is 7.92. The summed E-state index contributed by atoms with van der Waals surface area (Å²) in [5.41, 5.74) is 1.51. The first kappa shape index (κ1) is 22.1. The van der Waals surface area contributed by atoms with E-state index in [1.807, 2.05) is 0 Å². The summed E-state index contributed by atoms with van der Waals surface area (Å²) in [5, 5.41) is 2.76. The predicted molar refractivity (Wildman–Crippen MR) is 117 cm³/mol. The first-order valence-corrected chi connectivity index (χ1v) is 10.8. The van der Waals surface area contributed by atoms with Crippen molar-refractivity contribution in [1.29, 1.82) is 0 Å². The number of rotatable bonds is 8. The van der Waals surface area contributed by atoms with Gasteiger partial charge in [0, 0.05) is 31.4 Å². The molecule has 0 atom stereocenters. The monoisotopic (exact) mass is 441 g/mol. The Balaban J connectivity index is 1.74. The first-order chi connectivity index (χ1) is 14.8. The molecule has 0 saturated carbocycles. The fourth-order valence-electron chi connectivity index (χ4n) is 2.81. The van der Waals surface area contributed by atoms with E-state index >= 15 is 0 Å². The molecule has 0 bridgehead atoms. The van der Waals surface area contributed by atoms with E-state index in [1.165, 1.54) is 33.4 Å². The van der Waals surface area contributed by atoms with E-state index in [-0.39, 0.29) is 22.9 Å². The lowest BCUT2D eigenvalue weighted by atomic mass is 10.2. The van der Waals surface area contributed by atoms with Crippen LogP contribution in [0.1, 0.15) is 15.9 Å². The van der Waals surface area contributed by atoms with Gasteiger partial charge in [0.2, 0.25) is 5.88 Å². The van der Waals surface area contributed by atoms with Crippen LogP contribution >= 0.6 is 0 Å². The second-order valence-electron chi connectivity index (χ2n) is 6.59. The molecule has 0 aliphatic carbocycles. The number of hydrogen-bond acceptors (Lipinski definition) is 6. The largest absolute Gasteiger partial charge is 0.497 e. The molecule has 0 unspecified atom stereocenters. The fraction of sp³-hybridized carbons (Fsp3) is 0.182. The van der Waals surface area contributed by atoms with Crippen molar-refractivity contribution in [3.8, 4) is 11.6 Å². The van der Waals surface area contributed by atoms with Crippen molar-refractivity contribution in [2.24, 2.45) is 0 Å². The zero-order valence-corrected chi connectivity index (χ0v) is 18.2. The van der Waals surface area contributed by atoms with Gasteiger partial charge in [-0.05, 0) is 48.0 Å². The number of carbonyl (C=O) groups excluding carboxylic acids is 1. The van der Waals surface area contributed by atoms with Crippen molar-refractivity contribution in [2.45, 2.75) is 11.4 Å². The maximum Gasteiger partial charge on any atom is 0.264 e. The number of aromatic nitrogens is 1. The zero-order chi connectivity index (χ0) is 22.4. The maximum atomic E-state index is 13.0. The molecule has 0 aliphatic heterocycles. The Labute approximate surface area is 181 Å². The Morgan fingerprint density at radius 1 is 1.03 bits per heavy atom. The van der Waals surface area contributed by atoms with Gasteiger partial charge in [0.25, 0.3) is 15.9 Å². The van der Waals surface area contributed by atoms with Gasteiger partial charge >= 0.3 is 0 Å². The molecule has 8 nitrogen and oxygen atoms in total. The summed E-state index contributed by atoms with van der Waals surface area (Å²) >= 11 is 0. The van der Waals surface area contributed by atoms with Crippen LogP contribution in [-0.4, -0.2) is 40.6 Å². The number of ether oxygens (including phenoxy) is 2. The topological polar surface area (TPSA) is 97.8 Å². The number of carbonyl (C=O) groups is 1. The summed E-state index contributed by atoms with van der Waals surface area (Å²) in [6, 6.07) is 16.1. The molecule has 1 heterocycles. The van der Waals surface area contributed by atoms with Crippen molar-refractivity contribution >= 4 is 21.6 Å². The number of amides is 1. The lowest BCUT2D eigenvalue weighted by Crippen LogP contribution is -2.27. The molecule has 1 aromatic heterocycles. The number of sulfonamides is 1. The average Bonchev–Trinajstić information content (AvgIpc) is 2.82. The van der Waals surface area contributed by atoms with Crippen LogP contribution in [0.25, 0.3) is 0 Å². The molecular formula is C22H23N3O5S. The molecule has 3 rings (SSSR count). The smallest absolute Gasteiger partial charge is 0.264 e. The van der Waals surface area contributed by atoms with Gasteiger partial charge in [-0.15, -0.1) is 0 Å². The molecule has 1 amide bonds. The molecule has 0 fully saturated rings. The third-order valence-electron chi connectivity index (χ3n) is 4.65. The van der Waals surface area contributed by atoms with E-state index in [4.69, 9.17) is 9.47 Å². The Kier molecular flexibility index (Phi) is 6.76. The van der Waals surface area contributed by atoms with Gasteiger partial charge in [0.05, 0.1) is 24.8 Å². The van der Waals surface area contributed by atoms with Crippen molar-refractivity contribution in [2.75, 3.05) is 25.6 Å². The number of hydrogen-bond donors (Lipinski definition) is 1. The highest BCUT2D eigenvalue weighted by atomic mass is 32.2. The summed E-state index contributed by atoms with van der Waals surface area (Å²) in [5.74, 6) is 0.717. The van der Waals surface area contributed by atoms with Gasteiger partial charge < -0.3 is 14.8 Å². The van der Waals surface area contributed by atoms with E-state index in [0.29, 0.717) is 17.3 Å². The van der Waals surface area contributed by atoms with Crippen molar-refractivity contribution in [1.82, 2.24) is 10.3 Å².